The van der Waals surface area contributed by atoms with Crippen LogP contribution in [0.2, 0.25) is 0 Å². The average molecular weight is 152 g/mol. The summed E-state index contributed by atoms with van der Waals surface area (Å²) in [6.07, 6.45) is 12.2. The molecule has 0 spiro atoms. The Kier molecular flexibility index (Phi) is 3.99. The van der Waals surface area contributed by atoms with Gasteiger partial charge in [0.1, 0.15) is 0 Å². The molecule has 0 atom stereocenters. The largest absolute Gasteiger partial charge is 0.396 e. The third-order valence-corrected chi connectivity index (χ3v) is 2.00. The van der Waals surface area contributed by atoms with Crippen molar-refractivity contribution in [1.82, 2.24) is 0 Å². The van der Waals surface area contributed by atoms with E-state index in [2.05, 4.69) is 18.2 Å². The molecule has 0 aromatic heterocycles. The molecule has 0 radical (unpaired) electrons. The summed E-state index contributed by atoms with van der Waals surface area (Å²) in [7, 11) is 0. The van der Waals surface area contributed by atoms with Crippen LogP contribution in [0.25, 0.3) is 0 Å². The summed E-state index contributed by atoms with van der Waals surface area (Å²) in [4.78, 5) is 0. The third-order valence-electron chi connectivity index (χ3n) is 2.00. The highest BCUT2D eigenvalue weighted by molar-refractivity contribution is 5.14. The molecule has 0 saturated carbocycles. The van der Waals surface area contributed by atoms with Crippen LogP contribution >= 0.6 is 0 Å². The van der Waals surface area contributed by atoms with Gasteiger partial charge in [0.15, 0.2) is 0 Å². The van der Waals surface area contributed by atoms with E-state index in [0.29, 0.717) is 6.61 Å². The predicted molar refractivity (Wildman–Crippen MR) is 47.4 cm³/mol. The van der Waals surface area contributed by atoms with E-state index in [1.165, 1.54) is 6.42 Å². The topological polar surface area (TPSA) is 20.2 Å². The van der Waals surface area contributed by atoms with Gasteiger partial charge in [-0.25, -0.2) is 0 Å². The van der Waals surface area contributed by atoms with Gasteiger partial charge in [-0.1, -0.05) is 23.8 Å². The molecule has 1 rings (SSSR count). The third kappa shape index (κ3) is 3.38. The molecule has 0 heterocycles. The van der Waals surface area contributed by atoms with Crippen LogP contribution in [-0.4, -0.2) is 11.7 Å². The van der Waals surface area contributed by atoms with E-state index in [1.807, 2.05) is 0 Å². The summed E-state index contributed by atoms with van der Waals surface area (Å²) in [5.74, 6) is 0. The highest BCUT2D eigenvalue weighted by atomic mass is 16.2. The fourth-order valence-electron chi connectivity index (χ4n) is 1.32. The Bertz CT molecular complexity index is 156. The lowest BCUT2D eigenvalue weighted by atomic mass is 10.0. The standard InChI is InChI=1S/C10H16O/c11-9-5-4-8-10-6-2-1-3-7-10/h1-2,7,11H,3-6,8-9H2. The Morgan fingerprint density at radius 1 is 1.27 bits per heavy atom. The van der Waals surface area contributed by atoms with Crippen molar-refractivity contribution in [2.75, 3.05) is 6.61 Å². The zero-order valence-corrected chi connectivity index (χ0v) is 6.92. The zero-order valence-electron chi connectivity index (χ0n) is 6.92. The molecule has 0 bridgehead atoms. The van der Waals surface area contributed by atoms with E-state index >= 15 is 0 Å². The second kappa shape index (κ2) is 5.14. The second-order valence-electron chi connectivity index (χ2n) is 2.95. The highest BCUT2D eigenvalue weighted by Gasteiger charge is 1.97. The quantitative estimate of drug-likeness (QED) is 0.484. The molecule has 11 heavy (non-hydrogen) atoms. The van der Waals surface area contributed by atoms with E-state index < -0.39 is 0 Å². The van der Waals surface area contributed by atoms with Gasteiger partial charge >= 0.3 is 0 Å². The maximum atomic E-state index is 8.56. The molecular formula is C10H16O. The zero-order chi connectivity index (χ0) is 7.94. The van der Waals surface area contributed by atoms with Gasteiger partial charge in [0.25, 0.3) is 0 Å². The van der Waals surface area contributed by atoms with Crippen LogP contribution in [0.3, 0.4) is 0 Å². The van der Waals surface area contributed by atoms with Crippen molar-refractivity contribution in [3.63, 3.8) is 0 Å². The van der Waals surface area contributed by atoms with Crippen molar-refractivity contribution in [3.8, 4) is 0 Å². The first-order valence-electron chi connectivity index (χ1n) is 4.37. The van der Waals surface area contributed by atoms with Crippen LogP contribution in [-0.2, 0) is 0 Å². The minimum Gasteiger partial charge on any atom is -0.396 e. The second-order valence-corrected chi connectivity index (χ2v) is 2.95. The lowest BCUT2D eigenvalue weighted by molar-refractivity contribution is 0.284. The smallest absolute Gasteiger partial charge is 0.0431 e. The molecule has 1 aliphatic rings. The monoisotopic (exact) mass is 152 g/mol. The van der Waals surface area contributed by atoms with Gasteiger partial charge in [-0.2, -0.15) is 0 Å². The Morgan fingerprint density at radius 3 is 2.82 bits per heavy atom. The van der Waals surface area contributed by atoms with Crippen molar-refractivity contribution in [2.24, 2.45) is 0 Å². The summed E-state index contributed by atoms with van der Waals surface area (Å²) in [5.41, 5.74) is 1.54. The van der Waals surface area contributed by atoms with Gasteiger partial charge in [0.05, 0.1) is 0 Å². The van der Waals surface area contributed by atoms with E-state index in [-0.39, 0.29) is 0 Å². The molecule has 1 N–H and O–H groups in total. The number of unbranched alkanes of at least 4 members (excludes halogenated alkanes) is 1. The summed E-state index contributed by atoms with van der Waals surface area (Å²) < 4.78 is 0. The molecule has 0 saturated heterocycles. The van der Waals surface area contributed by atoms with Crippen LogP contribution in [0, 0.1) is 0 Å². The van der Waals surface area contributed by atoms with Gasteiger partial charge in [0.2, 0.25) is 0 Å². The minimum absolute atomic E-state index is 0.336. The van der Waals surface area contributed by atoms with Gasteiger partial charge in [-0.05, 0) is 32.1 Å². The normalized spacial score (nSPS) is 16.6. The lowest BCUT2D eigenvalue weighted by Crippen LogP contribution is -1.89. The van der Waals surface area contributed by atoms with E-state index in [4.69, 9.17) is 5.11 Å². The lowest BCUT2D eigenvalue weighted by Gasteiger charge is -2.06. The summed E-state index contributed by atoms with van der Waals surface area (Å²) in [5, 5.41) is 8.56. The Balaban J connectivity index is 2.11. The highest BCUT2D eigenvalue weighted by Crippen LogP contribution is 2.16. The number of rotatable bonds is 4. The number of hydrogen-bond acceptors (Lipinski definition) is 1. The number of hydrogen-bond donors (Lipinski definition) is 1. The summed E-state index contributed by atoms with van der Waals surface area (Å²) in [6.45, 7) is 0.336. The van der Waals surface area contributed by atoms with E-state index in [1.54, 1.807) is 5.57 Å². The molecule has 1 heteroatoms. The summed E-state index contributed by atoms with van der Waals surface area (Å²) >= 11 is 0. The van der Waals surface area contributed by atoms with Gasteiger partial charge < -0.3 is 5.11 Å². The number of aliphatic hydroxyl groups excluding tert-OH is 1. The maximum Gasteiger partial charge on any atom is 0.0431 e. The molecule has 1 nitrogen and oxygen atoms in total. The number of allylic oxidation sites excluding steroid dienone is 4. The SMILES string of the molecule is OCCCCC1=CCC=CC1. The molecule has 0 aromatic carbocycles. The predicted octanol–water partition coefficient (Wildman–Crippen LogP) is 2.43. The first-order chi connectivity index (χ1) is 5.43. The maximum absolute atomic E-state index is 8.56. The Morgan fingerprint density at radius 2 is 2.18 bits per heavy atom. The Hall–Kier alpha value is -0.560. The van der Waals surface area contributed by atoms with E-state index in [0.717, 1.165) is 25.7 Å². The van der Waals surface area contributed by atoms with Crippen LogP contribution < -0.4 is 0 Å². The van der Waals surface area contributed by atoms with Crippen molar-refractivity contribution < 1.29 is 5.11 Å². The fourth-order valence-corrected chi connectivity index (χ4v) is 1.32. The first-order valence-corrected chi connectivity index (χ1v) is 4.37. The minimum atomic E-state index is 0.336. The van der Waals surface area contributed by atoms with Crippen molar-refractivity contribution in [2.45, 2.75) is 32.1 Å². The number of aliphatic hydroxyl groups is 1. The van der Waals surface area contributed by atoms with Crippen molar-refractivity contribution in [3.05, 3.63) is 23.8 Å². The molecule has 0 fully saturated rings. The first kappa shape index (κ1) is 8.54. The van der Waals surface area contributed by atoms with E-state index in [9.17, 15) is 0 Å². The molecular weight excluding hydrogens is 136 g/mol. The molecule has 1 aliphatic carbocycles. The van der Waals surface area contributed by atoms with Crippen molar-refractivity contribution in [1.29, 1.82) is 0 Å². The fraction of sp³-hybridized carbons (Fsp3) is 0.600. The van der Waals surface area contributed by atoms with Crippen LogP contribution in [0.4, 0.5) is 0 Å². The molecule has 0 unspecified atom stereocenters. The van der Waals surface area contributed by atoms with Crippen LogP contribution in [0.1, 0.15) is 32.1 Å². The van der Waals surface area contributed by atoms with Crippen molar-refractivity contribution >= 4 is 0 Å². The van der Waals surface area contributed by atoms with Crippen LogP contribution in [0.15, 0.2) is 23.8 Å². The Labute approximate surface area is 68.4 Å². The average Bonchev–Trinajstić information content (AvgIpc) is 2.07. The van der Waals surface area contributed by atoms with Gasteiger partial charge in [-0.15, -0.1) is 0 Å². The summed E-state index contributed by atoms with van der Waals surface area (Å²) in [6, 6.07) is 0. The van der Waals surface area contributed by atoms with Crippen LogP contribution in [0.5, 0.6) is 0 Å². The molecule has 0 aromatic rings. The van der Waals surface area contributed by atoms with Gasteiger partial charge in [0, 0.05) is 6.61 Å². The molecule has 0 amide bonds. The molecule has 0 aliphatic heterocycles. The molecule has 62 valence electrons. The van der Waals surface area contributed by atoms with Gasteiger partial charge in [-0.3, -0.25) is 0 Å².